The van der Waals surface area contributed by atoms with E-state index in [1.54, 1.807) is 4.80 Å². The van der Waals surface area contributed by atoms with E-state index in [1.807, 2.05) is 48.3 Å². The summed E-state index contributed by atoms with van der Waals surface area (Å²) in [4.78, 5) is 4.25. The van der Waals surface area contributed by atoms with Crippen molar-refractivity contribution in [2.45, 2.75) is 19.5 Å². The zero-order chi connectivity index (χ0) is 17.1. The van der Waals surface area contributed by atoms with Gasteiger partial charge in [-0.3, -0.25) is 4.90 Å². The SMILES string of the molecule is Cc1ccc(C2CSCCN2Cc2cnn(-c3ccccc3)n2)cc1. The molecule has 0 amide bonds. The molecule has 1 atom stereocenters. The molecule has 1 unspecified atom stereocenters. The van der Waals surface area contributed by atoms with Gasteiger partial charge in [0.15, 0.2) is 0 Å². The predicted octanol–water partition coefficient (Wildman–Crippen LogP) is 3.87. The Hall–Kier alpha value is -2.11. The lowest BCUT2D eigenvalue weighted by Gasteiger charge is -2.35. The van der Waals surface area contributed by atoms with Gasteiger partial charge in [-0.25, -0.2) is 0 Å². The fourth-order valence-electron chi connectivity index (χ4n) is 3.18. The van der Waals surface area contributed by atoms with Crippen LogP contribution >= 0.6 is 11.8 Å². The summed E-state index contributed by atoms with van der Waals surface area (Å²) in [6.07, 6.45) is 1.89. The summed E-state index contributed by atoms with van der Waals surface area (Å²) in [6, 6.07) is 19.5. The molecule has 2 aromatic carbocycles. The molecule has 3 aromatic rings. The quantitative estimate of drug-likeness (QED) is 0.715. The molecule has 4 nitrogen and oxygen atoms in total. The van der Waals surface area contributed by atoms with Gasteiger partial charge in [-0.15, -0.1) is 0 Å². The van der Waals surface area contributed by atoms with Crippen molar-refractivity contribution in [3.05, 3.63) is 77.6 Å². The summed E-state index contributed by atoms with van der Waals surface area (Å²) in [6.45, 7) is 4.06. The summed E-state index contributed by atoms with van der Waals surface area (Å²) >= 11 is 2.04. The van der Waals surface area contributed by atoms with E-state index < -0.39 is 0 Å². The monoisotopic (exact) mass is 350 g/mol. The van der Waals surface area contributed by atoms with Gasteiger partial charge in [-0.2, -0.15) is 26.8 Å². The first-order valence-corrected chi connectivity index (χ1v) is 9.80. The van der Waals surface area contributed by atoms with Crippen molar-refractivity contribution in [3.63, 3.8) is 0 Å². The second kappa shape index (κ2) is 7.42. The molecule has 0 saturated carbocycles. The first-order valence-electron chi connectivity index (χ1n) is 8.64. The van der Waals surface area contributed by atoms with Crippen LogP contribution in [0.5, 0.6) is 0 Å². The molecule has 0 bridgehead atoms. The van der Waals surface area contributed by atoms with E-state index in [9.17, 15) is 0 Å². The summed E-state index contributed by atoms with van der Waals surface area (Å²) < 4.78 is 0. The molecule has 5 heteroatoms. The van der Waals surface area contributed by atoms with Crippen molar-refractivity contribution < 1.29 is 0 Å². The molecular formula is C20H22N4S. The summed E-state index contributed by atoms with van der Waals surface area (Å²) in [5.41, 5.74) is 4.73. The third kappa shape index (κ3) is 3.78. The second-order valence-electron chi connectivity index (χ2n) is 6.43. The van der Waals surface area contributed by atoms with Crippen molar-refractivity contribution in [3.8, 4) is 5.69 Å². The summed E-state index contributed by atoms with van der Waals surface area (Å²) in [5.74, 6) is 2.31. The number of hydrogen-bond acceptors (Lipinski definition) is 4. The van der Waals surface area contributed by atoms with Crippen LogP contribution in [-0.4, -0.2) is 37.9 Å². The third-order valence-electron chi connectivity index (χ3n) is 4.59. The lowest BCUT2D eigenvalue weighted by Crippen LogP contribution is -2.35. The van der Waals surface area contributed by atoms with Gasteiger partial charge in [0.25, 0.3) is 0 Å². The molecule has 1 aliphatic heterocycles. The molecule has 1 aromatic heterocycles. The van der Waals surface area contributed by atoms with Crippen molar-refractivity contribution in [1.29, 1.82) is 0 Å². The van der Waals surface area contributed by atoms with E-state index >= 15 is 0 Å². The number of aromatic nitrogens is 3. The van der Waals surface area contributed by atoms with Gasteiger partial charge < -0.3 is 0 Å². The van der Waals surface area contributed by atoms with Crippen LogP contribution in [0.1, 0.15) is 22.9 Å². The number of hydrogen-bond donors (Lipinski definition) is 0. The molecule has 25 heavy (non-hydrogen) atoms. The highest BCUT2D eigenvalue weighted by atomic mass is 32.2. The highest BCUT2D eigenvalue weighted by Crippen LogP contribution is 2.30. The van der Waals surface area contributed by atoms with Gasteiger partial charge in [-0.05, 0) is 24.6 Å². The first kappa shape index (κ1) is 16.4. The zero-order valence-corrected chi connectivity index (χ0v) is 15.2. The Morgan fingerprint density at radius 3 is 2.68 bits per heavy atom. The third-order valence-corrected chi connectivity index (χ3v) is 5.62. The van der Waals surface area contributed by atoms with Gasteiger partial charge in [-0.1, -0.05) is 48.0 Å². The smallest absolute Gasteiger partial charge is 0.0972 e. The standard InChI is InChI=1S/C20H22N4S/c1-16-7-9-17(10-8-16)20-15-25-12-11-23(20)14-18-13-21-24(22-18)19-5-3-2-4-6-19/h2-10,13,20H,11-12,14-15H2,1H3. The molecule has 0 spiro atoms. The van der Waals surface area contributed by atoms with E-state index in [4.69, 9.17) is 0 Å². The van der Waals surface area contributed by atoms with Crippen LogP contribution in [0.15, 0.2) is 60.8 Å². The Kier molecular flexibility index (Phi) is 4.85. The average Bonchev–Trinajstić information content (AvgIpc) is 3.12. The molecule has 128 valence electrons. The molecule has 1 aliphatic rings. The van der Waals surface area contributed by atoms with Gasteiger partial charge in [0.1, 0.15) is 0 Å². The lowest BCUT2D eigenvalue weighted by molar-refractivity contribution is 0.209. The maximum absolute atomic E-state index is 4.67. The molecule has 0 radical (unpaired) electrons. The van der Waals surface area contributed by atoms with Crippen LogP contribution in [-0.2, 0) is 6.54 Å². The van der Waals surface area contributed by atoms with Crippen molar-refractivity contribution >= 4 is 11.8 Å². The molecule has 1 saturated heterocycles. The first-order chi connectivity index (χ1) is 12.3. The molecule has 1 fully saturated rings. The van der Waals surface area contributed by atoms with Gasteiger partial charge >= 0.3 is 0 Å². The fourth-order valence-corrected chi connectivity index (χ4v) is 4.34. The fraction of sp³-hybridized carbons (Fsp3) is 0.300. The van der Waals surface area contributed by atoms with Crippen molar-refractivity contribution in [2.24, 2.45) is 0 Å². The van der Waals surface area contributed by atoms with Gasteiger partial charge in [0.2, 0.25) is 0 Å². The minimum absolute atomic E-state index is 0.446. The Labute approximate surface area is 152 Å². The number of rotatable bonds is 4. The maximum atomic E-state index is 4.67. The Morgan fingerprint density at radius 2 is 1.88 bits per heavy atom. The number of nitrogens with zero attached hydrogens (tertiary/aromatic N) is 4. The van der Waals surface area contributed by atoms with Crippen LogP contribution in [0.3, 0.4) is 0 Å². The van der Waals surface area contributed by atoms with Crippen LogP contribution in [0, 0.1) is 6.92 Å². The van der Waals surface area contributed by atoms with Gasteiger partial charge in [0, 0.05) is 30.6 Å². The highest BCUT2D eigenvalue weighted by molar-refractivity contribution is 7.99. The number of para-hydroxylation sites is 1. The van der Waals surface area contributed by atoms with Crippen LogP contribution in [0.25, 0.3) is 5.69 Å². The average molecular weight is 350 g/mol. The Morgan fingerprint density at radius 1 is 1.08 bits per heavy atom. The highest BCUT2D eigenvalue weighted by Gasteiger charge is 2.25. The Balaban J connectivity index is 1.52. The minimum Gasteiger partial charge on any atom is -0.289 e. The minimum atomic E-state index is 0.446. The number of benzene rings is 2. The summed E-state index contributed by atoms with van der Waals surface area (Å²) in [5, 5.41) is 9.11. The summed E-state index contributed by atoms with van der Waals surface area (Å²) in [7, 11) is 0. The van der Waals surface area contributed by atoms with Gasteiger partial charge in [0.05, 0.1) is 17.6 Å². The zero-order valence-electron chi connectivity index (χ0n) is 14.4. The van der Waals surface area contributed by atoms with E-state index in [-0.39, 0.29) is 0 Å². The van der Waals surface area contributed by atoms with E-state index in [0.29, 0.717) is 6.04 Å². The Bertz CT molecular complexity index is 813. The predicted molar refractivity (Wildman–Crippen MR) is 103 cm³/mol. The molecule has 4 rings (SSSR count). The van der Waals surface area contributed by atoms with Crippen molar-refractivity contribution in [1.82, 2.24) is 19.9 Å². The van der Waals surface area contributed by atoms with Crippen LogP contribution in [0.4, 0.5) is 0 Å². The van der Waals surface area contributed by atoms with E-state index in [2.05, 4.69) is 46.3 Å². The maximum Gasteiger partial charge on any atom is 0.0972 e. The number of aryl methyl sites for hydroxylation is 1. The van der Waals surface area contributed by atoms with E-state index in [1.165, 1.54) is 16.9 Å². The lowest BCUT2D eigenvalue weighted by atomic mass is 10.0. The normalized spacial score (nSPS) is 18.4. The van der Waals surface area contributed by atoms with Crippen molar-refractivity contribution in [2.75, 3.05) is 18.1 Å². The van der Waals surface area contributed by atoms with Crippen LogP contribution < -0.4 is 0 Å². The molecular weight excluding hydrogens is 328 g/mol. The molecule has 2 heterocycles. The van der Waals surface area contributed by atoms with Crippen LogP contribution in [0.2, 0.25) is 0 Å². The molecule has 0 aliphatic carbocycles. The largest absolute Gasteiger partial charge is 0.289 e. The second-order valence-corrected chi connectivity index (χ2v) is 7.58. The topological polar surface area (TPSA) is 34.0 Å². The number of thioether (sulfide) groups is 1. The van der Waals surface area contributed by atoms with E-state index in [0.717, 1.165) is 30.2 Å². The molecule has 0 N–H and O–H groups in total.